The smallest absolute Gasteiger partial charge is 0.324 e. The first-order valence-corrected chi connectivity index (χ1v) is 6.84. The van der Waals surface area contributed by atoms with Gasteiger partial charge < -0.3 is 10.2 Å². The molecule has 1 heterocycles. The van der Waals surface area contributed by atoms with Gasteiger partial charge in [0.15, 0.2) is 0 Å². The fraction of sp³-hybridized carbons (Fsp3) is 0.846. The summed E-state index contributed by atoms with van der Waals surface area (Å²) in [5, 5.41) is 2.70. The first kappa shape index (κ1) is 13.3. The lowest BCUT2D eigenvalue weighted by molar-refractivity contribution is -0.130. The minimum absolute atomic E-state index is 0.109. The normalized spacial score (nSPS) is 22.8. The highest BCUT2D eigenvalue weighted by Gasteiger charge is 2.43. The third-order valence-corrected chi connectivity index (χ3v) is 3.74. The van der Waals surface area contributed by atoms with Crippen molar-refractivity contribution in [3.05, 3.63) is 0 Å². The van der Waals surface area contributed by atoms with Gasteiger partial charge >= 0.3 is 6.03 Å². The summed E-state index contributed by atoms with van der Waals surface area (Å²) in [5.74, 6) is -0.109. The maximum atomic E-state index is 12.0. The van der Waals surface area contributed by atoms with Crippen LogP contribution in [0, 0.1) is 0 Å². The van der Waals surface area contributed by atoms with Crippen LogP contribution in [0.25, 0.3) is 0 Å². The first-order chi connectivity index (χ1) is 8.45. The van der Waals surface area contributed by atoms with Crippen LogP contribution in [-0.2, 0) is 4.79 Å². The highest BCUT2D eigenvalue weighted by atomic mass is 16.2. The molecule has 0 unspecified atom stereocenters. The molecule has 2 fully saturated rings. The Morgan fingerprint density at radius 1 is 1.39 bits per heavy atom. The third-order valence-electron chi connectivity index (χ3n) is 3.74. The number of amides is 3. The molecule has 1 N–H and O–H groups in total. The van der Waals surface area contributed by atoms with Gasteiger partial charge in [0.25, 0.3) is 5.91 Å². The van der Waals surface area contributed by atoms with Gasteiger partial charge in [-0.1, -0.05) is 6.92 Å². The molecule has 1 aliphatic carbocycles. The second-order valence-electron chi connectivity index (χ2n) is 5.73. The standard InChI is InChI=1S/C13H23N3O2/c1-4-15(10-6-7-10)8-5-9-16-11(17)13(2,3)14-12(16)18/h10H,4-9H2,1-3H3,(H,14,18). The number of rotatable bonds is 6. The Balaban J connectivity index is 1.79. The van der Waals surface area contributed by atoms with Crippen LogP contribution < -0.4 is 5.32 Å². The van der Waals surface area contributed by atoms with E-state index >= 15 is 0 Å². The average Bonchev–Trinajstić information content (AvgIpc) is 3.08. The molecular weight excluding hydrogens is 230 g/mol. The van der Waals surface area contributed by atoms with Crippen LogP contribution in [0.15, 0.2) is 0 Å². The van der Waals surface area contributed by atoms with E-state index in [1.54, 1.807) is 13.8 Å². The maximum absolute atomic E-state index is 12.0. The molecule has 5 heteroatoms. The van der Waals surface area contributed by atoms with E-state index in [9.17, 15) is 9.59 Å². The van der Waals surface area contributed by atoms with Crippen LogP contribution in [0.1, 0.15) is 40.0 Å². The van der Waals surface area contributed by atoms with E-state index in [-0.39, 0.29) is 11.9 Å². The number of urea groups is 1. The molecule has 3 amide bonds. The molecular formula is C13H23N3O2. The molecule has 18 heavy (non-hydrogen) atoms. The van der Waals surface area contributed by atoms with Crippen molar-refractivity contribution in [2.45, 2.75) is 51.6 Å². The molecule has 2 rings (SSSR count). The number of carbonyl (C=O) groups is 2. The van der Waals surface area contributed by atoms with Crippen LogP contribution >= 0.6 is 0 Å². The van der Waals surface area contributed by atoms with Crippen molar-refractivity contribution in [2.24, 2.45) is 0 Å². The van der Waals surface area contributed by atoms with Gasteiger partial charge in [-0.05, 0) is 39.7 Å². The van der Waals surface area contributed by atoms with Crippen LogP contribution in [0.2, 0.25) is 0 Å². The average molecular weight is 253 g/mol. The predicted octanol–water partition coefficient (Wildman–Crippen LogP) is 1.19. The summed E-state index contributed by atoms with van der Waals surface area (Å²) in [4.78, 5) is 27.4. The summed E-state index contributed by atoms with van der Waals surface area (Å²) in [5.41, 5.74) is -0.738. The second-order valence-corrected chi connectivity index (χ2v) is 5.73. The lowest BCUT2D eigenvalue weighted by Gasteiger charge is -2.21. The first-order valence-electron chi connectivity index (χ1n) is 6.84. The van der Waals surface area contributed by atoms with E-state index in [4.69, 9.17) is 0 Å². The van der Waals surface area contributed by atoms with Gasteiger partial charge in [-0.25, -0.2) is 4.79 Å². The minimum atomic E-state index is -0.738. The van der Waals surface area contributed by atoms with E-state index in [1.807, 2.05) is 0 Å². The number of carbonyl (C=O) groups excluding carboxylic acids is 2. The van der Waals surface area contributed by atoms with Crippen LogP contribution in [0.3, 0.4) is 0 Å². The van der Waals surface area contributed by atoms with Crippen molar-refractivity contribution in [2.75, 3.05) is 19.6 Å². The molecule has 0 atom stereocenters. The van der Waals surface area contributed by atoms with Gasteiger partial charge in [-0.15, -0.1) is 0 Å². The van der Waals surface area contributed by atoms with Crippen molar-refractivity contribution in [1.29, 1.82) is 0 Å². The topological polar surface area (TPSA) is 52.6 Å². The monoisotopic (exact) mass is 253 g/mol. The molecule has 0 aromatic heterocycles. The number of nitrogens with zero attached hydrogens (tertiary/aromatic N) is 2. The lowest BCUT2D eigenvalue weighted by Crippen LogP contribution is -2.40. The Labute approximate surface area is 108 Å². The Morgan fingerprint density at radius 3 is 2.50 bits per heavy atom. The Bertz CT molecular complexity index is 350. The minimum Gasteiger partial charge on any atom is -0.324 e. The fourth-order valence-electron chi connectivity index (χ4n) is 2.49. The summed E-state index contributed by atoms with van der Waals surface area (Å²) in [6, 6.07) is 0.494. The fourth-order valence-corrected chi connectivity index (χ4v) is 2.49. The number of hydrogen-bond acceptors (Lipinski definition) is 3. The predicted molar refractivity (Wildman–Crippen MR) is 69.2 cm³/mol. The molecule has 0 spiro atoms. The van der Waals surface area contributed by atoms with Gasteiger partial charge in [-0.3, -0.25) is 9.69 Å². The van der Waals surface area contributed by atoms with Crippen LogP contribution in [0.4, 0.5) is 4.79 Å². The summed E-state index contributed by atoms with van der Waals surface area (Å²) in [6.07, 6.45) is 3.45. The summed E-state index contributed by atoms with van der Waals surface area (Å²) in [7, 11) is 0. The number of imide groups is 1. The van der Waals surface area contributed by atoms with Crippen molar-refractivity contribution in [1.82, 2.24) is 15.1 Å². The molecule has 1 saturated heterocycles. The van der Waals surface area contributed by atoms with E-state index in [0.29, 0.717) is 6.54 Å². The van der Waals surface area contributed by atoms with Crippen LogP contribution in [-0.4, -0.2) is 53.0 Å². The summed E-state index contributed by atoms with van der Waals surface area (Å²) >= 11 is 0. The quantitative estimate of drug-likeness (QED) is 0.723. The molecule has 1 aliphatic heterocycles. The SMILES string of the molecule is CCN(CCCN1C(=O)NC(C)(C)C1=O)C1CC1. The molecule has 2 aliphatic rings. The van der Waals surface area contributed by atoms with Gasteiger partial charge in [0, 0.05) is 19.1 Å². The van der Waals surface area contributed by atoms with Gasteiger partial charge in [-0.2, -0.15) is 0 Å². The third kappa shape index (κ3) is 2.66. The van der Waals surface area contributed by atoms with E-state index in [0.717, 1.165) is 25.6 Å². The lowest BCUT2D eigenvalue weighted by atomic mass is 10.1. The molecule has 0 aromatic carbocycles. The zero-order chi connectivity index (χ0) is 13.3. The molecule has 1 saturated carbocycles. The molecule has 102 valence electrons. The largest absolute Gasteiger partial charge is 0.325 e. The second kappa shape index (κ2) is 4.88. The highest BCUT2D eigenvalue weighted by molar-refractivity contribution is 6.06. The van der Waals surface area contributed by atoms with Crippen molar-refractivity contribution < 1.29 is 9.59 Å². The zero-order valence-electron chi connectivity index (χ0n) is 11.5. The van der Waals surface area contributed by atoms with E-state index in [1.165, 1.54) is 17.7 Å². The number of hydrogen-bond donors (Lipinski definition) is 1. The van der Waals surface area contributed by atoms with E-state index < -0.39 is 5.54 Å². The molecule has 0 radical (unpaired) electrons. The van der Waals surface area contributed by atoms with Crippen molar-refractivity contribution in [3.63, 3.8) is 0 Å². The maximum Gasteiger partial charge on any atom is 0.325 e. The molecule has 5 nitrogen and oxygen atoms in total. The molecule has 0 aromatic rings. The Kier molecular flexibility index (Phi) is 3.61. The summed E-state index contributed by atoms with van der Waals surface area (Å²) in [6.45, 7) is 8.20. The summed E-state index contributed by atoms with van der Waals surface area (Å²) < 4.78 is 0. The van der Waals surface area contributed by atoms with E-state index in [2.05, 4.69) is 17.1 Å². The number of nitrogens with one attached hydrogen (secondary N) is 1. The highest BCUT2D eigenvalue weighted by Crippen LogP contribution is 2.26. The Hall–Kier alpha value is -1.10. The molecule has 0 bridgehead atoms. The van der Waals surface area contributed by atoms with Crippen molar-refractivity contribution in [3.8, 4) is 0 Å². The van der Waals surface area contributed by atoms with Gasteiger partial charge in [0.2, 0.25) is 0 Å². The zero-order valence-corrected chi connectivity index (χ0v) is 11.5. The van der Waals surface area contributed by atoms with Gasteiger partial charge in [0.1, 0.15) is 5.54 Å². The van der Waals surface area contributed by atoms with Gasteiger partial charge in [0.05, 0.1) is 0 Å². The van der Waals surface area contributed by atoms with Crippen molar-refractivity contribution >= 4 is 11.9 Å². The Morgan fingerprint density at radius 2 is 2.06 bits per heavy atom. The van der Waals surface area contributed by atoms with Crippen LogP contribution in [0.5, 0.6) is 0 Å².